The predicted molar refractivity (Wildman–Crippen MR) is 212 cm³/mol. The summed E-state index contributed by atoms with van der Waals surface area (Å²) in [5, 5.41) is 43.5. The fraction of sp³-hybridized carbons (Fsp3) is 0.618. The van der Waals surface area contributed by atoms with Gasteiger partial charge < -0.3 is 72.1 Å². The minimum absolute atomic E-state index is 0.0366. The van der Waals surface area contributed by atoms with E-state index in [1.165, 1.54) is 20.9 Å². The van der Waals surface area contributed by atoms with Crippen molar-refractivity contribution < 1.29 is 67.5 Å². The molecule has 0 fully saturated rings. The van der Waals surface area contributed by atoms with E-state index in [2.05, 4.69) is 59.8 Å². The summed E-state index contributed by atoms with van der Waals surface area (Å²) in [4.78, 5) is 97.5. The molecule has 326 valence electrons. The van der Waals surface area contributed by atoms with Crippen LogP contribution in [-0.2, 0) is 57.3 Å². The van der Waals surface area contributed by atoms with Crippen LogP contribution in [0.15, 0.2) is 23.5 Å². The van der Waals surface area contributed by atoms with Crippen molar-refractivity contribution in [2.45, 2.75) is 67.7 Å². The number of carbonyl (C=O) groups is 8. The number of nitrogens with one attached hydrogen (secondary N) is 8. The van der Waals surface area contributed by atoms with Crippen LogP contribution in [0.4, 0.5) is 0 Å². The van der Waals surface area contributed by atoms with Crippen molar-refractivity contribution >= 4 is 75.9 Å². The summed E-state index contributed by atoms with van der Waals surface area (Å²) in [5.41, 5.74) is 6.13. The van der Waals surface area contributed by atoms with E-state index in [4.69, 9.17) is 30.1 Å². The van der Waals surface area contributed by atoms with Crippen molar-refractivity contribution in [2.75, 3.05) is 66.3 Å². The first kappa shape index (κ1) is 50.9. The van der Waals surface area contributed by atoms with Crippen molar-refractivity contribution in [1.29, 1.82) is 5.41 Å². The summed E-state index contributed by atoms with van der Waals surface area (Å²) in [5.74, 6) is -6.57. The van der Waals surface area contributed by atoms with Crippen molar-refractivity contribution in [1.82, 2.24) is 37.2 Å². The predicted octanol–water partition coefficient (Wildman–Crippen LogP) is -3.27. The molecule has 6 amide bonds. The number of halogens is 1. The van der Waals surface area contributed by atoms with Gasteiger partial charge in [0, 0.05) is 33.6 Å². The zero-order chi connectivity index (χ0) is 43.6. The van der Waals surface area contributed by atoms with E-state index in [0.717, 1.165) is 5.57 Å². The monoisotopic (exact) mass is 939 g/mol. The largest absolute Gasteiger partial charge is 0.511 e. The molecule has 0 bridgehead atoms. The third kappa shape index (κ3) is 22.6. The van der Waals surface area contributed by atoms with Gasteiger partial charge in [-0.2, -0.15) is 0 Å². The highest BCUT2D eigenvalue weighted by molar-refractivity contribution is 14.1. The molecule has 0 spiro atoms. The van der Waals surface area contributed by atoms with Crippen LogP contribution in [0, 0.1) is 5.41 Å². The first-order chi connectivity index (χ1) is 27.4. The molecule has 0 aliphatic heterocycles. The lowest BCUT2D eigenvalue weighted by Crippen LogP contribution is -2.54. The topological polar surface area (TPSA) is 348 Å². The zero-order valence-corrected chi connectivity index (χ0v) is 34.6. The maximum Gasteiger partial charge on any atom is 0.332 e. The molecule has 0 saturated carbocycles. The lowest BCUT2D eigenvalue weighted by Gasteiger charge is -2.22. The summed E-state index contributed by atoms with van der Waals surface area (Å²) in [6, 6.07) is -3.14. The highest BCUT2D eigenvalue weighted by atomic mass is 127. The van der Waals surface area contributed by atoms with Gasteiger partial charge in [-0.25, -0.2) is 4.79 Å². The van der Waals surface area contributed by atoms with E-state index in [1.807, 2.05) is 0 Å². The molecule has 0 radical (unpaired) electrons. The normalized spacial score (nSPS) is 15.4. The fourth-order valence-electron chi connectivity index (χ4n) is 4.81. The smallest absolute Gasteiger partial charge is 0.332 e. The van der Waals surface area contributed by atoms with E-state index in [9.17, 15) is 48.6 Å². The Labute approximate surface area is 348 Å². The molecule has 1 aliphatic carbocycles. The standard InChI is InChI=1S/C34H54IN9O14/c1-19(30(51)44-23(31(52)38-3)6-7-41-34(36)37)42-33(54)26(16-28(48)49)58-29(50)18-57-17-27(47)39-8-10-55-12-13-56-11-9-40-32(53)24(43-20(2)45)15-21-4-5-25(46)22(35)14-21/h4-5,19,22-24,26,46H,6-18H2,1-3H3,(H,38,52)(H,39,47)(H,40,53)(H,42,54)(H,43,45)(H,44,51)(H,48,49)(H4,36,37,41)/t19-,22?,23-,24-,26-/m0/s1. The number of carboxylic acids is 1. The van der Waals surface area contributed by atoms with Gasteiger partial charge in [0.1, 0.15) is 37.1 Å². The highest BCUT2D eigenvalue weighted by Crippen LogP contribution is 2.26. The highest BCUT2D eigenvalue weighted by Gasteiger charge is 2.30. The van der Waals surface area contributed by atoms with E-state index in [0.29, 0.717) is 12.8 Å². The Morgan fingerprint density at radius 1 is 0.845 bits per heavy atom. The Morgan fingerprint density at radius 2 is 1.50 bits per heavy atom. The van der Waals surface area contributed by atoms with Gasteiger partial charge in [0.15, 0.2) is 12.1 Å². The van der Waals surface area contributed by atoms with E-state index >= 15 is 0 Å². The van der Waals surface area contributed by atoms with Gasteiger partial charge in [0.2, 0.25) is 29.5 Å². The molecule has 0 aromatic carbocycles. The minimum Gasteiger partial charge on any atom is -0.511 e. The fourth-order valence-corrected chi connectivity index (χ4v) is 5.59. The number of amides is 6. The number of hydrogen-bond donors (Lipinski definition) is 11. The summed E-state index contributed by atoms with van der Waals surface area (Å²) >= 11 is 2.11. The molecule has 0 saturated heterocycles. The Hall–Kier alpha value is -5.08. The van der Waals surface area contributed by atoms with Gasteiger partial charge in [0.25, 0.3) is 5.91 Å². The summed E-state index contributed by atoms with van der Waals surface area (Å²) in [6.07, 6.45) is 1.42. The van der Waals surface area contributed by atoms with Crippen molar-refractivity contribution in [3.05, 3.63) is 23.5 Å². The van der Waals surface area contributed by atoms with Gasteiger partial charge in [0.05, 0.1) is 36.8 Å². The summed E-state index contributed by atoms with van der Waals surface area (Å²) in [7, 11) is 1.34. The van der Waals surface area contributed by atoms with Gasteiger partial charge in [-0.1, -0.05) is 34.2 Å². The van der Waals surface area contributed by atoms with Crippen LogP contribution in [0.2, 0.25) is 0 Å². The summed E-state index contributed by atoms with van der Waals surface area (Å²) < 4.78 is 20.6. The van der Waals surface area contributed by atoms with Gasteiger partial charge in [-0.15, -0.1) is 0 Å². The Balaban J connectivity index is 2.32. The number of aliphatic hydroxyl groups is 1. The lowest BCUT2D eigenvalue weighted by atomic mass is 9.96. The molecule has 5 atom stereocenters. The number of alkyl halides is 1. The Bertz CT molecular complexity index is 1510. The number of allylic oxidation sites excluding steroid dienone is 3. The van der Waals surface area contributed by atoms with E-state index < -0.39 is 79.4 Å². The van der Waals surface area contributed by atoms with Crippen molar-refractivity contribution in [2.24, 2.45) is 5.73 Å². The molecule has 1 aliphatic rings. The van der Waals surface area contributed by atoms with Crippen LogP contribution < -0.4 is 43.0 Å². The number of ether oxygens (including phenoxy) is 4. The number of nitrogens with two attached hydrogens (primary N) is 1. The Morgan fingerprint density at radius 3 is 2.09 bits per heavy atom. The van der Waals surface area contributed by atoms with Gasteiger partial charge in [-0.3, -0.25) is 39.0 Å². The van der Waals surface area contributed by atoms with Crippen LogP contribution in [0.1, 0.15) is 39.5 Å². The van der Waals surface area contributed by atoms with Crippen LogP contribution in [-0.4, -0.2) is 158 Å². The number of aliphatic carboxylic acids is 1. The molecular weight excluding hydrogens is 885 g/mol. The second-order valence-electron chi connectivity index (χ2n) is 12.5. The van der Waals surface area contributed by atoms with Crippen molar-refractivity contribution in [3.63, 3.8) is 0 Å². The van der Waals surface area contributed by atoms with E-state index in [-0.39, 0.29) is 79.9 Å². The first-order valence-electron chi connectivity index (χ1n) is 18.0. The van der Waals surface area contributed by atoms with Crippen LogP contribution >= 0.6 is 22.6 Å². The Kier molecular flexibility index (Phi) is 24.9. The number of aliphatic hydroxyl groups excluding tert-OH is 1. The molecule has 0 heterocycles. The van der Waals surface area contributed by atoms with Crippen molar-refractivity contribution in [3.8, 4) is 0 Å². The molecule has 12 N–H and O–H groups in total. The third-order valence-corrected chi connectivity index (χ3v) is 8.74. The molecular formula is C34H54IN9O14. The quantitative estimate of drug-likeness (QED) is 0.00916. The molecule has 24 heteroatoms. The molecule has 0 aromatic heterocycles. The van der Waals surface area contributed by atoms with E-state index in [1.54, 1.807) is 12.2 Å². The number of guanidine groups is 1. The second kappa shape index (κ2) is 28.3. The van der Waals surface area contributed by atoms with Gasteiger partial charge in [-0.05, 0) is 32.3 Å². The number of hydrogen-bond acceptors (Lipinski definition) is 14. The zero-order valence-electron chi connectivity index (χ0n) is 32.5. The SMILES string of the molecule is CNC(=O)[C@H](CCNC(=N)N)NC(=O)[C@H](C)NC(=O)[C@H](CC(=O)O)OC(=O)COCC(=O)NCCOCCOCCNC(=O)[C@H](CC1=CC=C(O)C(I)C1)NC(C)=O. The maximum absolute atomic E-state index is 12.7. The average Bonchev–Trinajstić information content (AvgIpc) is 3.14. The number of carbonyl (C=O) groups excluding carboxylic acids is 7. The number of rotatable bonds is 28. The number of carboxylic acid groups (broad SMARTS) is 1. The van der Waals surface area contributed by atoms with Gasteiger partial charge >= 0.3 is 11.9 Å². The lowest BCUT2D eigenvalue weighted by molar-refractivity contribution is -0.163. The first-order valence-corrected chi connectivity index (χ1v) is 19.3. The summed E-state index contributed by atoms with van der Waals surface area (Å²) in [6.45, 7) is 2.19. The van der Waals surface area contributed by atoms with Crippen LogP contribution in [0.3, 0.4) is 0 Å². The second-order valence-corrected chi connectivity index (χ2v) is 14.0. The number of likely N-dealkylation sites (N-methyl/N-ethyl adjacent to an activating group) is 1. The number of esters is 1. The molecule has 58 heavy (non-hydrogen) atoms. The van der Waals surface area contributed by atoms with Crippen LogP contribution in [0.5, 0.6) is 0 Å². The molecule has 1 rings (SSSR count). The third-order valence-electron chi connectivity index (χ3n) is 7.66. The minimum atomic E-state index is -1.86. The average molecular weight is 940 g/mol. The molecule has 1 unspecified atom stereocenters. The molecule has 0 aromatic rings. The maximum atomic E-state index is 12.7. The van der Waals surface area contributed by atoms with Crippen LogP contribution in [0.25, 0.3) is 0 Å². The molecule has 23 nitrogen and oxygen atoms in total.